The summed E-state index contributed by atoms with van der Waals surface area (Å²) >= 11 is 0. The molecule has 0 amide bonds. The zero-order chi connectivity index (χ0) is 12.3. The Morgan fingerprint density at radius 3 is 2.94 bits per heavy atom. The highest BCUT2D eigenvalue weighted by atomic mass is 16.5. The van der Waals surface area contributed by atoms with Crippen molar-refractivity contribution in [3.8, 4) is 5.75 Å². The van der Waals surface area contributed by atoms with Crippen molar-refractivity contribution in [2.45, 2.75) is 32.2 Å². The molecule has 3 heteroatoms. The number of aryl methyl sites for hydroxylation is 1. The van der Waals surface area contributed by atoms with Gasteiger partial charge in [0.05, 0.1) is 7.11 Å². The molecule has 1 heterocycles. The van der Waals surface area contributed by atoms with Crippen LogP contribution in [0.3, 0.4) is 0 Å². The van der Waals surface area contributed by atoms with Crippen molar-refractivity contribution in [3.63, 3.8) is 0 Å². The van der Waals surface area contributed by atoms with Gasteiger partial charge in [-0.15, -0.1) is 0 Å². The fraction of sp³-hybridized carbons (Fsp3) is 0.500. The van der Waals surface area contributed by atoms with Crippen LogP contribution in [0.5, 0.6) is 5.75 Å². The number of benzene rings is 1. The molecule has 2 rings (SSSR count). The SMILES string of the molecule is COc1ccc(C(=O)CC2CCCN2)c(C)c1. The number of Topliss-reactive ketones (excluding diaryl/α,β-unsaturated/α-hetero) is 1. The lowest BCUT2D eigenvalue weighted by molar-refractivity contribution is 0.0971. The number of nitrogens with one attached hydrogen (secondary N) is 1. The molecule has 0 aromatic heterocycles. The van der Waals surface area contributed by atoms with Gasteiger partial charge in [0, 0.05) is 18.0 Å². The van der Waals surface area contributed by atoms with Crippen LogP contribution in [0.15, 0.2) is 18.2 Å². The summed E-state index contributed by atoms with van der Waals surface area (Å²) in [5.41, 5.74) is 1.81. The Kier molecular flexibility index (Phi) is 3.79. The van der Waals surface area contributed by atoms with E-state index in [2.05, 4.69) is 5.32 Å². The van der Waals surface area contributed by atoms with Crippen LogP contribution in [0.4, 0.5) is 0 Å². The van der Waals surface area contributed by atoms with E-state index in [1.54, 1.807) is 7.11 Å². The van der Waals surface area contributed by atoms with Crippen LogP contribution < -0.4 is 10.1 Å². The zero-order valence-corrected chi connectivity index (χ0v) is 10.5. The highest BCUT2D eigenvalue weighted by molar-refractivity contribution is 5.97. The third-order valence-corrected chi connectivity index (χ3v) is 3.33. The summed E-state index contributed by atoms with van der Waals surface area (Å²) < 4.78 is 5.14. The number of carbonyl (C=O) groups excluding carboxylic acids is 1. The zero-order valence-electron chi connectivity index (χ0n) is 10.5. The topological polar surface area (TPSA) is 38.3 Å². The van der Waals surface area contributed by atoms with Crippen LogP contribution in [-0.2, 0) is 0 Å². The minimum absolute atomic E-state index is 0.226. The molecule has 3 nitrogen and oxygen atoms in total. The van der Waals surface area contributed by atoms with Crippen LogP contribution in [-0.4, -0.2) is 25.5 Å². The molecule has 0 radical (unpaired) electrons. The molecule has 1 aromatic carbocycles. The van der Waals surface area contributed by atoms with Crippen molar-refractivity contribution >= 4 is 5.78 Å². The molecule has 0 aliphatic carbocycles. The average molecular weight is 233 g/mol. The standard InChI is InChI=1S/C14H19NO2/c1-10-8-12(17-2)5-6-13(10)14(16)9-11-4-3-7-15-11/h5-6,8,11,15H,3-4,7,9H2,1-2H3. The molecule has 0 spiro atoms. The minimum Gasteiger partial charge on any atom is -0.497 e. The van der Waals surface area contributed by atoms with Gasteiger partial charge in [-0.1, -0.05) is 0 Å². The predicted molar refractivity (Wildman–Crippen MR) is 67.7 cm³/mol. The molecule has 1 aliphatic rings. The van der Waals surface area contributed by atoms with Crippen LogP contribution in [0.25, 0.3) is 0 Å². The van der Waals surface area contributed by atoms with Crippen LogP contribution in [0.2, 0.25) is 0 Å². The lowest BCUT2D eigenvalue weighted by atomic mass is 9.99. The third-order valence-electron chi connectivity index (χ3n) is 3.33. The van der Waals surface area contributed by atoms with E-state index in [0.29, 0.717) is 12.5 Å². The first-order chi connectivity index (χ1) is 8.20. The molecule has 1 saturated heterocycles. The van der Waals surface area contributed by atoms with E-state index in [1.807, 2.05) is 25.1 Å². The van der Waals surface area contributed by atoms with E-state index < -0.39 is 0 Å². The Labute approximate surface area is 102 Å². The number of carbonyl (C=O) groups is 1. The Balaban J connectivity index is 2.07. The first-order valence-electron chi connectivity index (χ1n) is 6.12. The van der Waals surface area contributed by atoms with Gasteiger partial charge in [0.1, 0.15) is 5.75 Å². The van der Waals surface area contributed by atoms with E-state index in [-0.39, 0.29) is 5.78 Å². The predicted octanol–water partition coefficient (Wildman–Crippen LogP) is 2.33. The maximum atomic E-state index is 12.1. The smallest absolute Gasteiger partial charge is 0.164 e. The summed E-state index contributed by atoms with van der Waals surface area (Å²) in [5.74, 6) is 1.03. The first-order valence-corrected chi connectivity index (χ1v) is 6.12. The van der Waals surface area contributed by atoms with Gasteiger partial charge < -0.3 is 10.1 Å². The van der Waals surface area contributed by atoms with Gasteiger partial charge in [0.15, 0.2) is 5.78 Å². The molecule has 17 heavy (non-hydrogen) atoms. The summed E-state index contributed by atoms with van der Waals surface area (Å²) in [4.78, 5) is 12.1. The van der Waals surface area contributed by atoms with E-state index in [1.165, 1.54) is 6.42 Å². The van der Waals surface area contributed by atoms with Crippen molar-refractivity contribution in [2.24, 2.45) is 0 Å². The maximum absolute atomic E-state index is 12.1. The van der Waals surface area contributed by atoms with Crippen LogP contribution in [0.1, 0.15) is 35.2 Å². The normalized spacial score (nSPS) is 19.3. The Morgan fingerprint density at radius 2 is 2.35 bits per heavy atom. The lowest BCUT2D eigenvalue weighted by Crippen LogP contribution is -2.24. The molecule has 1 aliphatic heterocycles. The fourth-order valence-corrected chi connectivity index (χ4v) is 2.34. The van der Waals surface area contributed by atoms with Crippen molar-refractivity contribution in [2.75, 3.05) is 13.7 Å². The Morgan fingerprint density at radius 1 is 1.53 bits per heavy atom. The lowest BCUT2D eigenvalue weighted by Gasteiger charge is -2.11. The molecule has 1 unspecified atom stereocenters. The summed E-state index contributed by atoms with van der Waals surface area (Å²) in [7, 11) is 1.64. The molecule has 0 bridgehead atoms. The summed E-state index contributed by atoms with van der Waals surface area (Å²) in [5, 5.41) is 3.35. The highest BCUT2D eigenvalue weighted by Gasteiger charge is 2.19. The van der Waals surface area contributed by atoms with Gasteiger partial charge in [-0.05, 0) is 50.1 Å². The molecule has 0 saturated carbocycles. The number of ether oxygens (including phenoxy) is 1. The molecular weight excluding hydrogens is 214 g/mol. The summed E-state index contributed by atoms with van der Waals surface area (Å²) in [6.07, 6.45) is 2.90. The number of methoxy groups -OCH3 is 1. The quantitative estimate of drug-likeness (QED) is 0.811. The van der Waals surface area contributed by atoms with E-state index in [9.17, 15) is 4.79 Å². The molecular formula is C14H19NO2. The van der Waals surface area contributed by atoms with Crippen molar-refractivity contribution in [3.05, 3.63) is 29.3 Å². The number of rotatable bonds is 4. The molecule has 1 fully saturated rings. The second-order valence-corrected chi connectivity index (χ2v) is 4.60. The largest absolute Gasteiger partial charge is 0.497 e. The molecule has 1 aromatic rings. The number of hydrogen-bond donors (Lipinski definition) is 1. The van der Waals surface area contributed by atoms with E-state index in [4.69, 9.17) is 4.74 Å². The third kappa shape index (κ3) is 2.86. The molecule has 1 N–H and O–H groups in total. The fourth-order valence-electron chi connectivity index (χ4n) is 2.34. The van der Waals surface area contributed by atoms with Crippen LogP contribution in [0, 0.1) is 6.92 Å². The van der Waals surface area contributed by atoms with Crippen LogP contribution >= 0.6 is 0 Å². The van der Waals surface area contributed by atoms with E-state index in [0.717, 1.165) is 29.8 Å². The van der Waals surface area contributed by atoms with Crippen molar-refractivity contribution in [1.29, 1.82) is 0 Å². The second kappa shape index (κ2) is 5.32. The van der Waals surface area contributed by atoms with Crippen molar-refractivity contribution < 1.29 is 9.53 Å². The second-order valence-electron chi connectivity index (χ2n) is 4.60. The summed E-state index contributed by atoms with van der Waals surface area (Å²) in [6.45, 7) is 3.00. The summed E-state index contributed by atoms with van der Waals surface area (Å²) in [6, 6.07) is 5.99. The van der Waals surface area contributed by atoms with Gasteiger partial charge in [-0.2, -0.15) is 0 Å². The van der Waals surface area contributed by atoms with Gasteiger partial charge in [0.2, 0.25) is 0 Å². The van der Waals surface area contributed by atoms with Crippen molar-refractivity contribution in [1.82, 2.24) is 5.32 Å². The number of ketones is 1. The average Bonchev–Trinajstić information content (AvgIpc) is 2.81. The van der Waals surface area contributed by atoms with Gasteiger partial charge in [-0.25, -0.2) is 0 Å². The molecule has 1 atom stereocenters. The Bertz CT molecular complexity index is 409. The van der Waals surface area contributed by atoms with Gasteiger partial charge in [0.25, 0.3) is 0 Å². The Hall–Kier alpha value is -1.35. The van der Waals surface area contributed by atoms with Gasteiger partial charge in [-0.3, -0.25) is 4.79 Å². The molecule has 92 valence electrons. The number of hydrogen-bond acceptors (Lipinski definition) is 3. The highest BCUT2D eigenvalue weighted by Crippen LogP contribution is 2.20. The minimum atomic E-state index is 0.226. The first kappa shape index (κ1) is 12.1. The monoisotopic (exact) mass is 233 g/mol. The van der Waals surface area contributed by atoms with E-state index >= 15 is 0 Å². The van der Waals surface area contributed by atoms with Gasteiger partial charge >= 0.3 is 0 Å². The maximum Gasteiger partial charge on any atom is 0.164 e.